The lowest BCUT2D eigenvalue weighted by molar-refractivity contribution is -0.142. The highest BCUT2D eigenvalue weighted by atomic mass is 16.4. The fourth-order valence-corrected chi connectivity index (χ4v) is 2.74. The first kappa shape index (κ1) is 12.7. The maximum Gasteiger partial charge on any atom is 0.308 e. The smallest absolute Gasteiger partial charge is 0.308 e. The van der Waals surface area contributed by atoms with Gasteiger partial charge in [0.05, 0.1) is 5.92 Å². The number of carbonyl (C=O) groups excluding carboxylic acids is 1. The van der Waals surface area contributed by atoms with Gasteiger partial charge >= 0.3 is 5.97 Å². The fraction of sp³-hybridized carbons (Fsp3) is 0.357. The van der Waals surface area contributed by atoms with E-state index in [1.807, 2.05) is 24.4 Å². The van der Waals surface area contributed by atoms with Crippen LogP contribution in [0.3, 0.4) is 0 Å². The van der Waals surface area contributed by atoms with Gasteiger partial charge in [0.2, 0.25) is 0 Å². The van der Waals surface area contributed by atoms with Crippen molar-refractivity contribution in [1.29, 1.82) is 0 Å². The monoisotopic (exact) mass is 273 g/mol. The summed E-state index contributed by atoms with van der Waals surface area (Å²) in [4.78, 5) is 29.4. The number of carbonyl (C=O) groups is 2. The molecule has 104 valence electrons. The molecule has 0 spiro atoms. The van der Waals surface area contributed by atoms with E-state index in [2.05, 4.69) is 4.98 Å². The van der Waals surface area contributed by atoms with E-state index in [1.54, 1.807) is 22.4 Å². The molecular weight excluding hydrogens is 258 g/mol. The molecule has 2 atom stereocenters. The number of carboxylic acids is 1. The third-order valence-electron chi connectivity index (χ3n) is 3.92. The molecule has 1 aliphatic heterocycles. The van der Waals surface area contributed by atoms with Crippen LogP contribution in [0.2, 0.25) is 0 Å². The Kier molecular flexibility index (Phi) is 2.93. The molecular formula is C14H15N3O3. The Balaban J connectivity index is 1.87. The summed E-state index contributed by atoms with van der Waals surface area (Å²) < 4.78 is 1.78. The number of rotatable bonds is 2. The van der Waals surface area contributed by atoms with Gasteiger partial charge in [-0.25, -0.2) is 4.98 Å². The van der Waals surface area contributed by atoms with Crippen molar-refractivity contribution in [2.45, 2.75) is 19.4 Å². The third kappa shape index (κ3) is 1.93. The molecule has 1 N–H and O–H groups in total. The minimum Gasteiger partial charge on any atom is -0.481 e. The second-order valence-corrected chi connectivity index (χ2v) is 5.06. The van der Waals surface area contributed by atoms with E-state index in [-0.39, 0.29) is 11.9 Å². The molecule has 1 fully saturated rings. The number of pyridine rings is 1. The lowest BCUT2D eigenvalue weighted by Crippen LogP contribution is -2.37. The predicted octanol–water partition coefficient (Wildman–Crippen LogP) is 1.27. The van der Waals surface area contributed by atoms with E-state index in [1.165, 1.54) is 0 Å². The highest BCUT2D eigenvalue weighted by Gasteiger charge is 2.38. The first-order valence-corrected chi connectivity index (χ1v) is 6.55. The van der Waals surface area contributed by atoms with E-state index < -0.39 is 11.9 Å². The lowest BCUT2D eigenvalue weighted by atomic mass is 10.0. The molecule has 3 rings (SSSR count). The number of aromatic nitrogens is 2. The normalized spacial score (nSPS) is 22.4. The molecule has 0 bridgehead atoms. The van der Waals surface area contributed by atoms with Gasteiger partial charge in [-0.05, 0) is 25.5 Å². The standard InChI is InChI=1S/C14H15N3O3/c1-9-10(14(19)20)5-7-17(9)13(18)11-8-16-6-3-2-4-12(16)15-11/h2-4,6,8-10H,5,7H2,1H3,(H,19,20). The van der Waals surface area contributed by atoms with Crippen LogP contribution in [-0.4, -0.2) is 43.9 Å². The number of amides is 1. The van der Waals surface area contributed by atoms with Gasteiger partial charge in [0.25, 0.3) is 5.91 Å². The molecule has 6 heteroatoms. The summed E-state index contributed by atoms with van der Waals surface area (Å²) in [6.45, 7) is 2.24. The topological polar surface area (TPSA) is 74.9 Å². The van der Waals surface area contributed by atoms with Gasteiger partial charge in [-0.15, -0.1) is 0 Å². The van der Waals surface area contributed by atoms with Gasteiger partial charge in [-0.1, -0.05) is 6.07 Å². The number of fused-ring (bicyclic) bond motifs is 1. The quantitative estimate of drug-likeness (QED) is 0.894. The summed E-state index contributed by atoms with van der Waals surface area (Å²) in [7, 11) is 0. The fourth-order valence-electron chi connectivity index (χ4n) is 2.74. The largest absolute Gasteiger partial charge is 0.481 e. The van der Waals surface area contributed by atoms with Crippen molar-refractivity contribution in [3.8, 4) is 0 Å². The van der Waals surface area contributed by atoms with E-state index in [4.69, 9.17) is 5.11 Å². The Morgan fingerprint density at radius 1 is 1.40 bits per heavy atom. The maximum atomic E-state index is 12.5. The van der Waals surface area contributed by atoms with Crippen molar-refractivity contribution in [1.82, 2.24) is 14.3 Å². The first-order valence-electron chi connectivity index (χ1n) is 6.55. The molecule has 0 aromatic carbocycles. The van der Waals surface area contributed by atoms with Crippen molar-refractivity contribution in [3.05, 3.63) is 36.3 Å². The second-order valence-electron chi connectivity index (χ2n) is 5.06. The van der Waals surface area contributed by atoms with Crippen LogP contribution in [0.4, 0.5) is 0 Å². The number of aliphatic carboxylic acids is 1. The van der Waals surface area contributed by atoms with Gasteiger partial charge in [0.15, 0.2) is 0 Å². The minimum absolute atomic E-state index is 0.204. The van der Waals surface area contributed by atoms with Gasteiger partial charge in [-0.2, -0.15) is 0 Å². The molecule has 2 aromatic rings. The molecule has 3 heterocycles. The Morgan fingerprint density at radius 3 is 2.85 bits per heavy atom. The molecule has 0 radical (unpaired) electrons. The Labute approximate surface area is 115 Å². The molecule has 0 aliphatic carbocycles. The average molecular weight is 273 g/mol. The van der Waals surface area contributed by atoms with Gasteiger partial charge < -0.3 is 14.4 Å². The number of carboxylic acid groups (broad SMARTS) is 1. The summed E-state index contributed by atoms with van der Waals surface area (Å²) in [6, 6.07) is 5.24. The molecule has 0 saturated carbocycles. The van der Waals surface area contributed by atoms with E-state index in [9.17, 15) is 9.59 Å². The molecule has 1 saturated heterocycles. The zero-order valence-corrected chi connectivity index (χ0v) is 11.1. The summed E-state index contributed by atoms with van der Waals surface area (Å²) in [5.74, 6) is -1.54. The Bertz CT molecular complexity index is 646. The minimum atomic E-state index is -0.845. The van der Waals surface area contributed by atoms with Crippen LogP contribution in [0, 0.1) is 5.92 Å². The van der Waals surface area contributed by atoms with Crippen LogP contribution in [0.5, 0.6) is 0 Å². The number of likely N-dealkylation sites (tertiary alicyclic amines) is 1. The number of imidazole rings is 1. The van der Waals surface area contributed by atoms with Crippen LogP contribution < -0.4 is 0 Å². The van der Waals surface area contributed by atoms with Crippen LogP contribution in [0.25, 0.3) is 5.65 Å². The van der Waals surface area contributed by atoms with Crippen LogP contribution in [0.1, 0.15) is 23.8 Å². The van der Waals surface area contributed by atoms with Crippen molar-refractivity contribution in [3.63, 3.8) is 0 Å². The van der Waals surface area contributed by atoms with Crippen molar-refractivity contribution < 1.29 is 14.7 Å². The van der Waals surface area contributed by atoms with E-state index >= 15 is 0 Å². The third-order valence-corrected chi connectivity index (χ3v) is 3.92. The first-order chi connectivity index (χ1) is 9.58. The van der Waals surface area contributed by atoms with Gasteiger partial charge in [0, 0.05) is 25.0 Å². The predicted molar refractivity (Wildman–Crippen MR) is 71.4 cm³/mol. The van der Waals surface area contributed by atoms with Gasteiger partial charge in [-0.3, -0.25) is 9.59 Å². The average Bonchev–Trinajstić information content (AvgIpc) is 3.01. The second kappa shape index (κ2) is 4.63. The van der Waals surface area contributed by atoms with E-state index in [0.717, 1.165) is 0 Å². The molecule has 6 nitrogen and oxygen atoms in total. The van der Waals surface area contributed by atoms with Gasteiger partial charge in [0.1, 0.15) is 11.3 Å². The lowest BCUT2D eigenvalue weighted by Gasteiger charge is -2.22. The summed E-state index contributed by atoms with van der Waals surface area (Å²) in [5.41, 5.74) is 1.06. The summed E-state index contributed by atoms with van der Waals surface area (Å²) in [5, 5.41) is 9.11. The van der Waals surface area contributed by atoms with Crippen molar-refractivity contribution >= 4 is 17.5 Å². The molecule has 20 heavy (non-hydrogen) atoms. The maximum absolute atomic E-state index is 12.5. The zero-order chi connectivity index (χ0) is 14.3. The number of nitrogens with zero attached hydrogens (tertiary/aromatic N) is 3. The highest BCUT2D eigenvalue weighted by Crippen LogP contribution is 2.25. The summed E-state index contributed by atoms with van der Waals surface area (Å²) >= 11 is 0. The number of hydrogen-bond donors (Lipinski definition) is 1. The van der Waals surface area contributed by atoms with E-state index in [0.29, 0.717) is 24.3 Å². The molecule has 2 unspecified atom stereocenters. The van der Waals surface area contributed by atoms with Crippen LogP contribution >= 0.6 is 0 Å². The van der Waals surface area contributed by atoms with Crippen LogP contribution in [-0.2, 0) is 4.79 Å². The Morgan fingerprint density at radius 2 is 2.20 bits per heavy atom. The molecule has 1 amide bonds. The highest BCUT2D eigenvalue weighted by molar-refractivity contribution is 5.93. The number of hydrogen-bond acceptors (Lipinski definition) is 3. The van der Waals surface area contributed by atoms with Crippen molar-refractivity contribution in [2.75, 3.05) is 6.54 Å². The Hall–Kier alpha value is -2.37. The van der Waals surface area contributed by atoms with Crippen molar-refractivity contribution in [2.24, 2.45) is 5.92 Å². The molecule has 1 aliphatic rings. The zero-order valence-electron chi connectivity index (χ0n) is 11.1. The van der Waals surface area contributed by atoms with Crippen LogP contribution in [0.15, 0.2) is 30.6 Å². The molecule has 2 aromatic heterocycles. The summed E-state index contributed by atoms with van der Waals surface area (Å²) in [6.07, 6.45) is 4.00. The SMILES string of the molecule is CC1C(C(=O)O)CCN1C(=O)c1cn2ccccc2n1.